The number of nitrogens with zero attached hydrogens (tertiary/aromatic N) is 6. The lowest BCUT2D eigenvalue weighted by atomic mass is 10.1. The Kier molecular flexibility index (Phi) is 7.02. The summed E-state index contributed by atoms with van der Waals surface area (Å²) in [7, 11) is 1.87. The van der Waals surface area contributed by atoms with E-state index in [0.29, 0.717) is 49.2 Å². The number of ether oxygens (including phenoxy) is 2. The van der Waals surface area contributed by atoms with Gasteiger partial charge in [0.2, 0.25) is 5.90 Å². The quantitative estimate of drug-likeness (QED) is 0.222. The Morgan fingerprint density at radius 2 is 2.13 bits per heavy atom. The minimum absolute atomic E-state index is 0.244. The number of hydrogen-bond donors (Lipinski definition) is 3. The van der Waals surface area contributed by atoms with Crippen LogP contribution in [0.15, 0.2) is 11.5 Å². The number of nitrogens with two attached hydrogens (primary N) is 1. The van der Waals surface area contributed by atoms with Gasteiger partial charge in [-0.15, -0.1) is 0 Å². The topological polar surface area (TPSA) is 153 Å². The number of fused-ring (bicyclic) bond motifs is 1. The van der Waals surface area contributed by atoms with Crippen LogP contribution in [-0.4, -0.2) is 92.2 Å². The zero-order valence-electron chi connectivity index (χ0n) is 17.6. The van der Waals surface area contributed by atoms with Gasteiger partial charge in [0.1, 0.15) is 37.1 Å². The monoisotopic (exact) mass is 423 g/mol. The number of nitrogen functional groups attached to an aromatic ring is 1. The van der Waals surface area contributed by atoms with E-state index in [2.05, 4.69) is 20.1 Å². The van der Waals surface area contributed by atoms with Crippen molar-refractivity contribution in [2.75, 3.05) is 39.1 Å². The summed E-state index contributed by atoms with van der Waals surface area (Å²) in [6, 6.07) is 0. The molecule has 0 spiro atoms. The van der Waals surface area contributed by atoms with E-state index in [1.165, 1.54) is 6.33 Å². The number of aryl methyl sites for hydroxylation is 1. The van der Waals surface area contributed by atoms with Gasteiger partial charge in [0.25, 0.3) is 0 Å². The fraction of sp³-hybridized carbons (Fsp3) is 0.667. The number of anilines is 1. The molecular formula is C18H29N7O5. The lowest BCUT2D eigenvalue weighted by Gasteiger charge is -2.22. The summed E-state index contributed by atoms with van der Waals surface area (Å²) in [6.45, 7) is 7.16. The van der Waals surface area contributed by atoms with E-state index in [-0.39, 0.29) is 5.82 Å². The fourth-order valence-electron chi connectivity index (χ4n) is 3.40. The minimum atomic E-state index is -1.15. The van der Waals surface area contributed by atoms with Crippen molar-refractivity contribution < 1.29 is 24.5 Å². The maximum absolute atomic E-state index is 10.6. The van der Waals surface area contributed by atoms with Gasteiger partial charge in [0, 0.05) is 20.0 Å². The number of aromatic nitrogens is 4. The van der Waals surface area contributed by atoms with E-state index in [1.54, 1.807) is 18.4 Å². The highest BCUT2D eigenvalue weighted by atomic mass is 16.6. The molecule has 1 aliphatic rings. The van der Waals surface area contributed by atoms with Crippen molar-refractivity contribution in [3.05, 3.63) is 12.2 Å². The lowest BCUT2D eigenvalue weighted by molar-refractivity contribution is -0.0445. The third-order valence-corrected chi connectivity index (χ3v) is 4.88. The highest BCUT2D eigenvalue weighted by molar-refractivity contribution is 5.81. The van der Waals surface area contributed by atoms with E-state index < -0.39 is 24.5 Å². The number of likely N-dealkylation sites (N-methyl/N-ethyl adjacent to an activating group) is 1. The van der Waals surface area contributed by atoms with E-state index in [1.807, 2.05) is 18.9 Å². The minimum Gasteiger partial charge on any atom is -0.479 e. The second kappa shape index (κ2) is 9.51. The van der Waals surface area contributed by atoms with Crippen LogP contribution >= 0.6 is 0 Å². The summed E-state index contributed by atoms with van der Waals surface area (Å²) in [5.74, 6) is 1.26. The molecule has 2 aromatic heterocycles. The number of aliphatic hydroxyl groups excluding tert-OH is 2. The van der Waals surface area contributed by atoms with Gasteiger partial charge in [0.15, 0.2) is 23.2 Å². The number of hydrogen-bond acceptors (Lipinski definition) is 11. The number of rotatable bonds is 8. The first-order valence-electron chi connectivity index (χ1n) is 9.78. The van der Waals surface area contributed by atoms with Crippen LogP contribution in [-0.2, 0) is 14.3 Å². The Morgan fingerprint density at radius 3 is 2.87 bits per heavy atom. The predicted octanol–water partition coefficient (Wildman–Crippen LogP) is -0.346. The van der Waals surface area contributed by atoms with Crippen molar-refractivity contribution in [1.82, 2.24) is 24.4 Å². The van der Waals surface area contributed by atoms with Crippen molar-refractivity contribution in [3.8, 4) is 0 Å². The Bertz CT molecular complexity index is 889. The SMILES string of the molecule is CCO/C(C)=N\OCCN(C)C[C@H]1O[C@@H](n2c(C)nc3c(N)ncnc32)[C@H](O)[C@@H]1O. The zero-order chi connectivity index (χ0) is 21.8. The first kappa shape index (κ1) is 22.2. The van der Waals surface area contributed by atoms with E-state index in [4.69, 9.17) is 20.0 Å². The molecule has 30 heavy (non-hydrogen) atoms. The summed E-state index contributed by atoms with van der Waals surface area (Å²) in [5, 5.41) is 25.0. The average Bonchev–Trinajstić information content (AvgIpc) is 3.17. The Morgan fingerprint density at radius 1 is 1.37 bits per heavy atom. The van der Waals surface area contributed by atoms with Gasteiger partial charge in [0.05, 0.1) is 6.61 Å². The molecule has 12 nitrogen and oxygen atoms in total. The lowest BCUT2D eigenvalue weighted by Crippen LogP contribution is -2.39. The van der Waals surface area contributed by atoms with Crippen LogP contribution in [0.2, 0.25) is 0 Å². The van der Waals surface area contributed by atoms with E-state index >= 15 is 0 Å². The van der Waals surface area contributed by atoms with Crippen molar-refractivity contribution in [3.63, 3.8) is 0 Å². The molecule has 2 aromatic rings. The molecule has 12 heteroatoms. The molecule has 1 fully saturated rings. The molecule has 1 saturated heterocycles. The molecule has 3 rings (SSSR count). The van der Waals surface area contributed by atoms with Gasteiger partial charge in [-0.25, -0.2) is 15.0 Å². The molecule has 0 aliphatic carbocycles. The van der Waals surface area contributed by atoms with Crippen LogP contribution in [0.3, 0.4) is 0 Å². The van der Waals surface area contributed by atoms with Crippen LogP contribution in [0.5, 0.6) is 0 Å². The molecule has 4 N–H and O–H groups in total. The highest BCUT2D eigenvalue weighted by Crippen LogP contribution is 2.33. The third-order valence-electron chi connectivity index (χ3n) is 4.88. The molecule has 3 heterocycles. The van der Waals surface area contributed by atoms with Crippen molar-refractivity contribution >= 4 is 22.9 Å². The molecule has 0 saturated carbocycles. The van der Waals surface area contributed by atoms with E-state index in [9.17, 15) is 10.2 Å². The molecular weight excluding hydrogens is 394 g/mol. The summed E-state index contributed by atoms with van der Waals surface area (Å²) < 4.78 is 12.8. The molecule has 0 amide bonds. The molecule has 0 unspecified atom stereocenters. The molecule has 1 aliphatic heterocycles. The smallest absolute Gasteiger partial charge is 0.222 e. The number of aliphatic hydroxyl groups is 2. The van der Waals surface area contributed by atoms with Crippen LogP contribution in [0.4, 0.5) is 5.82 Å². The van der Waals surface area contributed by atoms with Gasteiger partial charge >= 0.3 is 0 Å². The van der Waals surface area contributed by atoms with Gasteiger partial charge in [-0.2, -0.15) is 0 Å². The van der Waals surface area contributed by atoms with Gasteiger partial charge in [-0.05, 0) is 20.9 Å². The van der Waals surface area contributed by atoms with Crippen molar-refractivity contribution in [2.45, 2.75) is 45.3 Å². The molecule has 166 valence electrons. The summed E-state index contributed by atoms with van der Waals surface area (Å²) in [6.07, 6.45) is -2.35. The number of oxime groups is 1. The van der Waals surface area contributed by atoms with E-state index in [0.717, 1.165) is 0 Å². The third kappa shape index (κ3) is 4.61. The summed E-state index contributed by atoms with van der Waals surface area (Å²) >= 11 is 0. The second-order valence-electron chi connectivity index (χ2n) is 7.15. The van der Waals surface area contributed by atoms with Crippen LogP contribution in [0.1, 0.15) is 25.9 Å². The Labute approximate surface area is 174 Å². The summed E-state index contributed by atoms with van der Waals surface area (Å²) in [4.78, 5) is 19.7. The maximum atomic E-state index is 10.6. The standard InChI is InChI=1S/C18H29N7O5/c1-5-28-11(3)23-29-7-6-24(4)8-12-14(26)15(27)18(30-12)25-10(2)22-13-16(19)20-9-21-17(13)25/h9,12,14-15,18,26-27H,5-8H2,1-4H3,(H2,19,20,21)/b23-11-/t12-,14-,15-,18-/m1/s1. The van der Waals surface area contributed by atoms with Crippen molar-refractivity contribution in [2.24, 2.45) is 5.16 Å². The molecule has 0 bridgehead atoms. The van der Waals surface area contributed by atoms with Crippen molar-refractivity contribution in [1.29, 1.82) is 0 Å². The molecule has 0 radical (unpaired) electrons. The van der Waals surface area contributed by atoms with Gasteiger partial charge < -0.3 is 35.2 Å². The highest BCUT2D eigenvalue weighted by Gasteiger charge is 2.45. The summed E-state index contributed by atoms with van der Waals surface area (Å²) in [5.41, 5.74) is 6.75. The first-order valence-corrected chi connectivity index (χ1v) is 9.78. The fourth-order valence-corrected chi connectivity index (χ4v) is 3.40. The normalized spacial score (nSPS) is 24.7. The zero-order valence-corrected chi connectivity index (χ0v) is 17.6. The average molecular weight is 423 g/mol. The largest absolute Gasteiger partial charge is 0.479 e. The molecule has 4 atom stereocenters. The Balaban J connectivity index is 1.63. The second-order valence-corrected chi connectivity index (χ2v) is 7.15. The first-order chi connectivity index (χ1) is 14.3. The van der Waals surface area contributed by atoms with Gasteiger partial charge in [-0.1, -0.05) is 5.16 Å². The predicted molar refractivity (Wildman–Crippen MR) is 109 cm³/mol. The van der Waals surface area contributed by atoms with Crippen LogP contribution in [0, 0.1) is 6.92 Å². The Hall–Kier alpha value is -2.54. The van der Waals surface area contributed by atoms with Crippen LogP contribution < -0.4 is 5.73 Å². The molecule has 0 aromatic carbocycles. The van der Waals surface area contributed by atoms with Crippen LogP contribution in [0.25, 0.3) is 11.2 Å². The van der Waals surface area contributed by atoms with Gasteiger partial charge in [-0.3, -0.25) is 4.57 Å². The maximum Gasteiger partial charge on any atom is 0.222 e. The number of imidazole rings is 1.